The van der Waals surface area contributed by atoms with Crippen LogP contribution in [0.3, 0.4) is 0 Å². The van der Waals surface area contributed by atoms with Crippen LogP contribution in [0.5, 0.6) is 0 Å². The van der Waals surface area contributed by atoms with Gasteiger partial charge in [0.15, 0.2) is 0 Å². The average Bonchev–Trinajstić information content (AvgIpc) is 3.29. The van der Waals surface area contributed by atoms with E-state index in [4.69, 9.17) is 5.26 Å². The minimum Gasteiger partial charge on any atom is -0.360 e. The van der Waals surface area contributed by atoms with Gasteiger partial charge in [-0.25, -0.2) is 0 Å². The van der Waals surface area contributed by atoms with Crippen LogP contribution in [-0.2, 0) is 11.3 Å². The molecule has 3 N–H and O–H groups in total. The molecule has 0 saturated carbocycles. The Morgan fingerprint density at radius 2 is 1.74 bits per heavy atom. The summed E-state index contributed by atoms with van der Waals surface area (Å²) < 4.78 is 2.76. The second kappa shape index (κ2) is 18.5. The Morgan fingerprint density at radius 1 is 1.00 bits per heavy atom. The van der Waals surface area contributed by atoms with Gasteiger partial charge in [-0.3, -0.25) is 19.0 Å². The number of aromatic nitrogens is 1. The molecule has 0 bridgehead atoms. The van der Waals surface area contributed by atoms with Gasteiger partial charge >= 0.3 is 0 Å². The minimum atomic E-state index is -0.116. The Bertz CT molecular complexity index is 1540. The van der Waals surface area contributed by atoms with Gasteiger partial charge in [0.25, 0.3) is 11.5 Å². The zero-order valence-electron chi connectivity index (χ0n) is 25.5. The van der Waals surface area contributed by atoms with Gasteiger partial charge in [0.05, 0.1) is 6.07 Å². The van der Waals surface area contributed by atoms with Crippen LogP contribution in [-0.4, -0.2) is 54.0 Å². The van der Waals surface area contributed by atoms with Gasteiger partial charge < -0.3 is 20.9 Å². The smallest absolute Gasteiger partial charge is 0.270 e. The van der Waals surface area contributed by atoms with Gasteiger partial charge in [-0.2, -0.15) is 5.26 Å². The zero-order chi connectivity index (χ0) is 30.9. The van der Waals surface area contributed by atoms with E-state index in [2.05, 4.69) is 41.6 Å². The van der Waals surface area contributed by atoms with Gasteiger partial charge in [-0.1, -0.05) is 39.3 Å². The Hall–Kier alpha value is -3.94. The Kier molecular flexibility index (Phi) is 15.1. The molecule has 0 unspecified atom stereocenters. The average molecular weight is 593 g/mol. The molecule has 9 nitrogen and oxygen atoms in total. The third-order valence-electron chi connectivity index (χ3n) is 6.52. The fourth-order valence-electron chi connectivity index (χ4n) is 4.24. The number of benzene rings is 2. The summed E-state index contributed by atoms with van der Waals surface area (Å²) in [5, 5.41) is 19.8. The first-order valence-corrected chi connectivity index (χ1v) is 15.4. The summed E-state index contributed by atoms with van der Waals surface area (Å²) in [6, 6.07) is 13.5. The van der Waals surface area contributed by atoms with E-state index in [9.17, 15) is 14.4 Å². The third kappa shape index (κ3) is 10.8. The molecule has 0 radical (unpaired) electrons. The first kappa shape index (κ1) is 34.3. The zero-order valence-corrected chi connectivity index (χ0v) is 26.3. The molecular weight excluding hydrogens is 548 g/mol. The first-order valence-electron chi connectivity index (χ1n) is 14.6. The normalized spacial score (nSPS) is 11.6. The Balaban J connectivity index is 0.000000675. The maximum absolute atomic E-state index is 12.6. The number of unbranched alkanes of at least 4 members (excludes halogenated alkanes) is 1. The summed E-state index contributed by atoms with van der Waals surface area (Å²) in [5.41, 5.74) is 1.36. The fourth-order valence-corrected chi connectivity index (χ4v) is 5.21. The maximum Gasteiger partial charge on any atom is 0.270 e. The third-order valence-corrected chi connectivity index (χ3v) is 7.58. The van der Waals surface area contributed by atoms with Gasteiger partial charge in [0.2, 0.25) is 5.91 Å². The number of nitrogens with one attached hydrogen (secondary N) is 3. The van der Waals surface area contributed by atoms with Crippen molar-refractivity contribution in [3.05, 3.63) is 61.5 Å². The molecule has 0 aliphatic rings. The SMILES string of the molecule is CCCCNC(C)=O.CCCN(CC)CCNC(=O)c1ccc2cc(N/C=c3/s/c(=C/C#N)n(CC)c3=O)ccc2c1. The molecule has 0 saturated heterocycles. The van der Waals surface area contributed by atoms with E-state index in [1.165, 1.54) is 24.3 Å². The molecule has 3 aromatic rings. The highest BCUT2D eigenvalue weighted by molar-refractivity contribution is 7.07. The Morgan fingerprint density at radius 3 is 2.38 bits per heavy atom. The maximum atomic E-state index is 12.6. The van der Waals surface area contributed by atoms with Gasteiger partial charge in [-0.05, 0) is 67.9 Å². The molecule has 0 aliphatic heterocycles. The molecular formula is C32H44N6O3S. The van der Waals surface area contributed by atoms with Crippen molar-refractivity contribution >= 4 is 51.9 Å². The second-order valence-electron chi connectivity index (χ2n) is 9.72. The number of nitrogens with zero attached hydrogens (tertiary/aromatic N) is 3. The lowest BCUT2D eigenvalue weighted by Gasteiger charge is -2.19. The van der Waals surface area contributed by atoms with Gasteiger partial charge in [0, 0.05) is 56.6 Å². The summed E-state index contributed by atoms with van der Waals surface area (Å²) in [5.74, 6) is -0.00156. The Labute approximate surface area is 252 Å². The van der Waals surface area contributed by atoms with Crippen LogP contribution in [0.1, 0.15) is 64.2 Å². The molecule has 0 atom stereocenters. The first-order chi connectivity index (χ1) is 20.3. The van der Waals surface area contributed by atoms with Gasteiger partial charge in [-0.15, -0.1) is 11.3 Å². The highest BCUT2D eigenvalue weighted by Crippen LogP contribution is 2.21. The van der Waals surface area contributed by atoms with Crippen molar-refractivity contribution < 1.29 is 9.59 Å². The van der Waals surface area contributed by atoms with E-state index < -0.39 is 0 Å². The summed E-state index contributed by atoms with van der Waals surface area (Å²) in [4.78, 5) is 37.6. The fraction of sp³-hybridized carbons (Fsp3) is 0.438. The monoisotopic (exact) mass is 592 g/mol. The number of fused-ring (bicyclic) bond motifs is 1. The number of thiazole rings is 1. The van der Waals surface area contributed by atoms with Crippen LogP contribution < -0.4 is 30.7 Å². The highest BCUT2D eigenvalue weighted by Gasteiger charge is 2.08. The molecule has 0 aliphatic carbocycles. The number of carbonyl (C=O) groups excluding carboxylic acids is 2. The molecule has 3 rings (SSSR count). The lowest BCUT2D eigenvalue weighted by Crippen LogP contribution is -2.35. The van der Waals surface area contributed by atoms with E-state index in [0.29, 0.717) is 27.8 Å². The van der Waals surface area contributed by atoms with Crippen molar-refractivity contribution in [3.8, 4) is 6.07 Å². The van der Waals surface area contributed by atoms with Crippen LogP contribution in [0.2, 0.25) is 0 Å². The summed E-state index contributed by atoms with van der Waals surface area (Å²) in [6.45, 7) is 14.6. The van der Waals surface area contributed by atoms with Crippen molar-refractivity contribution in [2.45, 2.75) is 60.4 Å². The number of nitriles is 1. The van der Waals surface area contributed by atoms with Crippen LogP contribution >= 0.6 is 11.3 Å². The van der Waals surface area contributed by atoms with E-state index in [0.717, 1.165) is 61.9 Å². The predicted molar refractivity (Wildman–Crippen MR) is 174 cm³/mol. The molecule has 0 fully saturated rings. The van der Waals surface area contributed by atoms with E-state index in [-0.39, 0.29) is 17.4 Å². The van der Waals surface area contributed by atoms with Crippen LogP contribution in [0, 0.1) is 11.3 Å². The number of rotatable bonds is 13. The lowest BCUT2D eigenvalue weighted by molar-refractivity contribution is -0.118. The molecule has 42 heavy (non-hydrogen) atoms. The highest BCUT2D eigenvalue weighted by atomic mass is 32.1. The van der Waals surface area contributed by atoms with Crippen molar-refractivity contribution in [3.63, 3.8) is 0 Å². The van der Waals surface area contributed by atoms with Crippen LogP contribution in [0.4, 0.5) is 5.69 Å². The summed E-state index contributed by atoms with van der Waals surface area (Å²) >= 11 is 1.28. The molecule has 2 aromatic carbocycles. The van der Waals surface area contributed by atoms with Crippen molar-refractivity contribution in [2.75, 3.05) is 38.0 Å². The molecule has 2 amide bonds. The quantitative estimate of drug-likeness (QED) is 0.261. The number of carbonyl (C=O) groups is 2. The second-order valence-corrected chi connectivity index (χ2v) is 10.8. The number of anilines is 1. The molecule has 1 heterocycles. The molecule has 1 aromatic heterocycles. The van der Waals surface area contributed by atoms with E-state index in [1.807, 2.05) is 49.4 Å². The van der Waals surface area contributed by atoms with Crippen LogP contribution in [0.15, 0.2) is 41.2 Å². The molecule has 226 valence electrons. The van der Waals surface area contributed by atoms with Crippen molar-refractivity contribution in [1.82, 2.24) is 20.1 Å². The molecule has 0 spiro atoms. The van der Waals surface area contributed by atoms with E-state index >= 15 is 0 Å². The van der Waals surface area contributed by atoms with E-state index in [1.54, 1.807) is 10.8 Å². The predicted octanol–water partition coefficient (Wildman–Crippen LogP) is 3.62. The van der Waals surface area contributed by atoms with Gasteiger partial charge in [0.1, 0.15) is 9.20 Å². The lowest BCUT2D eigenvalue weighted by atomic mass is 10.1. The number of amides is 2. The summed E-state index contributed by atoms with van der Waals surface area (Å²) in [7, 11) is 0. The largest absolute Gasteiger partial charge is 0.360 e. The van der Waals surface area contributed by atoms with Crippen molar-refractivity contribution in [1.29, 1.82) is 5.26 Å². The molecule has 10 heteroatoms. The number of hydrogen-bond acceptors (Lipinski definition) is 7. The minimum absolute atomic E-state index is 0.0680. The van der Waals surface area contributed by atoms with Crippen LogP contribution in [0.25, 0.3) is 23.0 Å². The number of hydrogen-bond donors (Lipinski definition) is 3. The standard InChI is InChI=1S/C26H31N5O2S.C6H13NO/c1-4-14-30(5-2)15-13-28-25(32)21-8-7-20-17-22(10-9-19(20)16-21)29-18-23-26(33)31(6-3)24(34-23)11-12-27;1-3-4-5-7-6(2)8/h7-11,16-18,29H,4-6,13-15H2,1-3H3,(H,28,32);3-5H2,1-2H3,(H,7,8)/b23-18+,24-11+;. The number of likely N-dealkylation sites (N-methyl/N-ethyl adjacent to an activating group) is 1. The summed E-state index contributed by atoms with van der Waals surface area (Å²) in [6.07, 6.45) is 6.39. The van der Waals surface area contributed by atoms with Crippen molar-refractivity contribution in [2.24, 2.45) is 0 Å². The topological polar surface area (TPSA) is 119 Å².